The highest BCUT2D eigenvalue weighted by Crippen LogP contribution is 2.32. The Balaban J connectivity index is 2.46. The number of benzene rings is 1. The summed E-state index contributed by atoms with van der Waals surface area (Å²) in [5.74, 6) is 1.39. The van der Waals surface area contributed by atoms with Gasteiger partial charge < -0.3 is 14.6 Å². The minimum atomic E-state index is -0.0947. The average Bonchev–Trinajstić information content (AvgIpc) is 2.47. The Morgan fingerprint density at radius 3 is 2.21 bits per heavy atom. The van der Waals surface area contributed by atoms with Gasteiger partial charge in [0.05, 0.1) is 20.8 Å². The Morgan fingerprint density at radius 1 is 1.00 bits per heavy atom. The van der Waals surface area contributed by atoms with E-state index in [-0.39, 0.29) is 6.61 Å². The zero-order valence-electron chi connectivity index (χ0n) is 11.1. The van der Waals surface area contributed by atoms with Crippen LogP contribution in [0.15, 0.2) is 36.5 Å². The van der Waals surface area contributed by atoms with Gasteiger partial charge in [-0.3, -0.25) is 4.98 Å². The van der Waals surface area contributed by atoms with Crippen molar-refractivity contribution in [1.82, 2.24) is 4.98 Å². The molecule has 0 saturated carbocycles. The molecule has 0 aliphatic rings. The van der Waals surface area contributed by atoms with Crippen molar-refractivity contribution >= 4 is 0 Å². The van der Waals surface area contributed by atoms with Gasteiger partial charge in [-0.15, -0.1) is 0 Å². The Labute approximate surface area is 112 Å². The van der Waals surface area contributed by atoms with Gasteiger partial charge in [-0.1, -0.05) is 6.07 Å². The SMILES string of the molecule is COc1ccc(OC)c(Cc2ccccn2)c1CO. The Kier molecular flexibility index (Phi) is 4.36. The lowest BCUT2D eigenvalue weighted by molar-refractivity contribution is 0.271. The van der Waals surface area contributed by atoms with Crippen LogP contribution in [-0.2, 0) is 13.0 Å². The molecule has 1 aromatic heterocycles. The summed E-state index contributed by atoms with van der Waals surface area (Å²) in [5, 5.41) is 9.57. The monoisotopic (exact) mass is 259 g/mol. The molecule has 0 amide bonds. The second-order valence-electron chi connectivity index (χ2n) is 4.08. The molecule has 100 valence electrons. The number of rotatable bonds is 5. The molecule has 1 N–H and O–H groups in total. The zero-order chi connectivity index (χ0) is 13.7. The Morgan fingerprint density at radius 2 is 1.68 bits per heavy atom. The molecule has 2 aromatic rings. The topological polar surface area (TPSA) is 51.6 Å². The van der Waals surface area contributed by atoms with Crippen LogP contribution in [0.5, 0.6) is 11.5 Å². The third-order valence-corrected chi connectivity index (χ3v) is 3.03. The fraction of sp³-hybridized carbons (Fsp3) is 0.267. The van der Waals surface area contributed by atoms with Crippen LogP contribution in [0.4, 0.5) is 0 Å². The van der Waals surface area contributed by atoms with Crippen molar-refractivity contribution in [2.24, 2.45) is 0 Å². The van der Waals surface area contributed by atoms with E-state index in [9.17, 15) is 5.11 Å². The van der Waals surface area contributed by atoms with E-state index in [1.807, 2.05) is 24.3 Å². The molecule has 0 saturated heterocycles. The summed E-state index contributed by atoms with van der Waals surface area (Å²) in [5.41, 5.74) is 2.57. The van der Waals surface area contributed by atoms with Crippen molar-refractivity contribution in [3.8, 4) is 11.5 Å². The summed E-state index contributed by atoms with van der Waals surface area (Å²) in [4.78, 5) is 4.30. The smallest absolute Gasteiger partial charge is 0.124 e. The van der Waals surface area contributed by atoms with Gasteiger partial charge in [-0.05, 0) is 24.3 Å². The van der Waals surface area contributed by atoms with E-state index in [4.69, 9.17) is 9.47 Å². The van der Waals surface area contributed by atoms with Crippen LogP contribution < -0.4 is 9.47 Å². The second kappa shape index (κ2) is 6.20. The van der Waals surface area contributed by atoms with Crippen molar-refractivity contribution in [2.45, 2.75) is 13.0 Å². The predicted molar refractivity (Wildman–Crippen MR) is 72.5 cm³/mol. The minimum Gasteiger partial charge on any atom is -0.496 e. The van der Waals surface area contributed by atoms with Crippen LogP contribution in [0.3, 0.4) is 0 Å². The number of aromatic nitrogens is 1. The highest BCUT2D eigenvalue weighted by Gasteiger charge is 2.14. The molecule has 0 spiro atoms. The first-order valence-corrected chi connectivity index (χ1v) is 6.03. The Hall–Kier alpha value is -2.07. The summed E-state index contributed by atoms with van der Waals surface area (Å²) >= 11 is 0. The number of ether oxygens (including phenoxy) is 2. The van der Waals surface area contributed by atoms with Crippen molar-refractivity contribution in [2.75, 3.05) is 14.2 Å². The van der Waals surface area contributed by atoms with E-state index in [0.29, 0.717) is 12.2 Å². The standard InChI is InChI=1S/C15H17NO3/c1-18-14-6-7-15(19-2)13(10-17)12(14)9-11-5-3-4-8-16-11/h3-8,17H,9-10H2,1-2H3. The van der Waals surface area contributed by atoms with E-state index in [2.05, 4.69) is 4.98 Å². The summed E-state index contributed by atoms with van der Waals surface area (Å²) in [7, 11) is 3.20. The molecule has 0 aliphatic carbocycles. The lowest BCUT2D eigenvalue weighted by Crippen LogP contribution is -2.03. The molecule has 4 heteroatoms. The molecular weight excluding hydrogens is 242 g/mol. The minimum absolute atomic E-state index is 0.0947. The molecule has 0 radical (unpaired) electrons. The predicted octanol–water partition coefficient (Wildman–Crippen LogP) is 2.18. The number of hydrogen-bond acceptors (Lipinski definition) is 4. The summed E-state index contributed by atoms with van der Waals surface area (Å²) in [6, 6.07) is 9.40. The maximum absolute atomic E-state index is 9.57. The molecule has 19 heavy (non-hydrogen) atoms. The first kappa shape index (κ1) is 13.4. The average molecular weight is 259 g/mol. The molecule has 1 heterocycles. The fourth-order valence-electron chi connectivity index (χ4n) is 2.08. The van der Waals surface area contributed by atoms with Crippen LogP contribution in [0, 0.1) is 0 Å². The van der Waals surface area contributed by atoms with Crippen LogP contribution in [0.2, 0.25) is 0 Å². The first-order chi connectivity index (χ1) is 9.30. The molecule has 4 nitrogen and oxygen atoms in total. The molecule has 0 unspecified atom stereocenters. The highest BCUT2D eigenvalue weighted by molar-refractivity contribution is 5.50. The number of hydrogen-bond donors (Lipinski definition) is 1. The zero-order valence-corrected chi connectivity index (χ0v) is 11.1. The largest absolute Gasteiger partial charge is 0.496 e. The van der Waals surface area contributed by atoms with E-state index in [1.54, 1.807) is 26.5 Å². The maximum atomic E-state index is 9.57. The quantitative estimate of drug-likeness (QED) is 0.894. The fourth-order valence-corrected chi connectivity index (χ4v) is 2.08. The van der Waals surface area contributed by atoms with E-state index in [1.165, 1.54) is 0 Å². The molecule has 0 aliphatic heterocycles. The van der Waals surface area contributed by atoms with Crippen LogP contribution in [0.1, 0.15) is 16.8 Å². The van der Waals surface area contributed by atoms with Crippen LogP contribution >= 0.6 is 0 Å². The Bertz CT molecular complexity index is 541. The van der Waals surface area contributed by atoms with Crippen molar-refractivity contribution < 1.29 is 14.6 Å². The van der Waals surface area contributed by atoms with E-state index < -0.39 is 0 Å². The maximum Gasteiger partial charge on any atom is 0.124 e. The number of nitrogens with zero attached hydrogens (tertiary/aromatic N) is 1. The van der Waals surface area contributed by atoms with E-state index >= 15 is 0 Å². The third kappa shape index (κ3) is 2.85. The number of aliphatic hydroxyl groups is 1. The van der Waals surface area contributed by atoms with Gasteiger partial charge >= 0.3 is 0 Å². The molecule has 2 rings (SSSR count). The number of aliphatic hydroxyl groups excluding tert-OH is 1. The number of methoxy groups -OCH3 is 2. The summed E-state index contributed by atoms with van der Waals surface area (Å²) < 4.78 is 10.6. The molecular formula is C15H17NO3. The third-order valence-electron chi connectivity index (χ3n) is 3.03. The molecule has 1 aromatic carbocycles. The lowest BCUT2D eigenvalue weighted by Gasteiger charge is -2.15. The number of pyridine rings is 1. The van der Waals surface area contributed by atoms with Crippen molar-refractivity contribution in [3.05, 3.63) is 53.3 Å². The molecule has 0 fully saturated rings. The van der Waals surface area contributed by atoms with E-state index in [0.717, 1.165) is 22.6 Å². The summed E-state index contributed by atoms with van der Waals surface area (Å²) in [6.45, 7) is -0.0947. The second-order valence-corrected chi connectivity index (χ2v) is 4.08. The van der Waals surface area contributed by atoms with Gasteiger partial charge in [0.1, 0.15) is 11.5 Å². The van der Waals surface area contributed by atoms with Gasteiger partial charge in [-0.2, -0.15) is 0 Å². The highest BCUT2D eigenvalue weighted by atomic mass is 16.5. The first-order valence-electron chi connectivity index (χ1n) is 6.03. The van der Waals surface area contributed by atoms with Gasteiger partial charge in [0, 0.05) is 29.4 Å². The molecule has 0 atom stereocenters. The normalized spacial score (nSPS) is 10.3. The lowest BCUT2D eigenvalue weighted by atomic mass is 10.0. The molecule has 0 bridgehead atoms. The van der Waals surface area contributed by atoms with Crippen molar-refractivity contribution in [1.29, 1.82) is 0 Å². The van der Waals surface area contributed by atoms with Gasteiger partial charge in [-0.25, -0.2) is 0 Å². The van der Waals surface area contributed by atoms with Crippen LogP contribution in [0.25, 0.3) is 0 Å². The van der Waals surface area contributed by atoms with Crippen molar-refractivity contribution in [3.63, 3.8) is 0 Å². The summed E-state index contributed by atoms with van der Waals surface area (Å²) in [6.07, 6.45) is 2.34. The van der Waals surface area contributed by atoms with Gasteiger partial charge in [0.25, 0.3) is 0 Å². The van der Waals surface area contributed by atoms with Crippen LogP contribution in [-0.4, -0.2) is 24.3 Å². The van der Waals surface area contributed by atoms with Gasteiger partial charge in [0.15, 0.2) is 0 Å². The van der Waals surface area contributed by atoms with Gasteiger partial charge in [0.2, 0.25) is 0 Å².